The van der Waals surface area contributed by atoms with Gasteiger partial charge in [-0.1, -0.05) is 44.4 Å². The van der Waals surface area contributed by atoms with Crippen LogP contribution in [-0.4, -0.2) is 36.6 Å². The van der Waals surface area contributed by atoms with E-state index in [1.807, 2.05) is 6.92 Å². The van der Waals surface area contributed by atoms with Crippen molar-refractivity contribution in [2.45, 2.75) is 63.4 Å². The summed E-state index contributed by atoms with van der Waals surface area (Å²) in [5.41, 5.74) is 0.933. The molecule has 3 rings (SSSR count). The van der Waals surface area contributed by atoms with Gasteiger partial charge in [0, 0.05) is 18.4 Å². The summed E-state index contributed by atoms with van der Waals surface area (Å²) in [5, 5.41) is 5.54. The highest BCUT2D eigenvalue weighted by molar-refractivity contribution is 7.89. The molecule has 29 heavy (non-hydrogen) atoms. The van der Waals surface area contributed by atoms with Crippen molar-refractivity contribution in [3.63, 3.8) is 0 Å². The normalized spacial score (nSPS) is 27.4. The van der Waals surface area contributed by atoms with Crippen LogP contribution in [0.1, 0.15) is 45.1 Å². The highest BCUT2D eigenvalue weighted by atomic mass is 32.2. The van der Waals surface area contributed by atoms with Crippen molar-refractivity contribution >= 4 is 21.8 Å². The zero-order valence-corrected chi connectivity index (χ0v) is 17.9. The molecule has 0 radical (unpaired) electrons. The Labute approximate surface area is 172 Å². The van der Waals surface area contributed by atoms with Crippen LogP contribution in [-0.2, 0) is 19.6 Å². The molecule has 2 amide bonds. The van der Waals surface area contributed by atoms with Gasteiger partial charge in [-0.2, -0.15) is 0 Å². The first-order valence-corrected chi connectivity index (χ1v) is 11.5. The third-order valence-corrected chi connectivity index (χ3v) is 7.88. The van der Waals surface area contributed by atoms with Gasteiger partial charge in [0.1, 0.15) is 6.04 Å². The fourth-order valence-electron chi connectivity index (χ4n) is 4.00. The molecule has 1 aromatic carbocycles. The second-order valence-electron chi connectivity index (χ2n) is 8.13. The lowest BCUT2D eigenvalue weighted by Gasteiger charge is -2.35. The highest BCUT2D eigenvalue weighted by Crippen LogP contribution is 2.30. The van der Waals surface area contributed by atoms with Crippen LogP contribution in [0.4, 0.5) is 0 Å². The maximum absolute atomic E-state index is 13.1. The van der Waals surface area contributed by atoms with E-state index in [4.69, 9.17) is 0 Å². The zero-order chi connectivity index (χ0) is 21.2. The van der Waals surface area contributed by atoms with E-state index in [1.54, 1.807) is 12.1 Å². The van der Waals surface area contributed by atoms with Crippen LogP contribution >= 0.6 is 0 Å². The third-order valence-electron chi connectivity index (χ3n) is 6.09. The van der Waals surface area contributed by atoms with E-state index in [2.05, 4.69) is 24.5 Å². The molecule has 0 spiro atoms. The quantitative estimate of drug-likeness (QED) is 0.765. The maximum Gasteiger partial charge on any atom is 0.264 e. The van der Waals surface area contributed by atoms with Crippen molar-refractivity contribution in [2.24, 2.45) is 11.8 Å². The molecule has 2 aliphatic rings. The molecule has 1 heterocycles. The van der Waals surface area contributed by atoms with Gasteiger partial charge < -0.3 is 10.6 Å². The van der Waals surface area contributed by atoms with Crippen molar-refractivity contribution in [3.05, 3.63) is 42.2 Å². The first-order chi connectivity index (χ1) is 13.7. The number of hydrogen-bond acceptors (Lipinski definition) is 4. The minimum Gasteiger partial charge on any atom is -0.353 e. The number of carbonyl (C=O) groups excluding carboxylic acids is 2. The summed E-state index contributed by atoms with van der Waals surface area (Å²) >= 11 is 0. The number of aryl methyl sites for hydroxylation is 1. The van der Waals surface area contributed by atoms with Crippen LogP contribution in [0.3, 0.4) is 0 Å². The Hall–Kier alpha value is -2.35. The van der Waals surface area contributed by atoms with Crippen molar-refractivity contribution in [1.82, 2.24) is 14.9 Å². The van der Waals surface area contributed by atoms with Gasteiger partial charge in [-0.3, -0.25) is 13.9 Å². The molecule has 1 fully saturated rings. The summed E-state index contributed by atoms with van der Waals surface area (Å²) in [6.45, 7) is 6.17. The Morgan fingerprint density at radius 3 is 2.59 bits per heavy atom. The lowest BCUT2D eigenvalue weighted by Crippen LogP contribution is -2.52. The summed E-state index contributed by atoms with van der Waals surface area (Å²) in [4.78, 5) is 25.2. The molecule has 3 unspecified atom stereocenters. The number of hydrogen-bond donors (Lipinski definition) is 2. The summed E-state index contributed by atoms with van der Waals surface area (Å²) in [6, 6.07) is 5.35. The van der Waals surface area contributed by atoms with Gasteiger partial charge in [-0.25, -0.2) is 8.42 Å². The molecule has 1 aromatic rings. The Kier molecular flexibility index (Phi) is 6.31. The van der Waals surface area contributed by atoms with Crippen LogP contribution in [0, 0.1) is 18.8 Å². The zero-order valence-electron chi connectivity index (χ0n) is 17.1. The van der Waals surface area contributed by atoms with Gasteiger partial charge in [-0.05, 0) is 37.3 Å². The second kappa shape index (κ2) is 8.57. The monoisotopic (exact) mass is 419 g/mol. The highest BCUT2D eigenvalue weighted by Gasteiger charge is 2.37. The number of amides is 2. The molecule has 1 aliphatic heterocycles. The number of rotatable bonds is 5. The minimum absolute atomic E-state index is 0.0515. The summed E-state index contributed by atoms with van der Waals surface area (Å²) in [7, 11) is -3.95. The van der Waals surface area contributed by atoms with Crippen molar-refractivity contribution in [2.75, 3.05) is 0 Å². The molecule has 4 atom stereocenters. The van der Waals surface area contributed by atoms with Crippen molar-refractivity contribution < 1.29 is 18.0 Å². The molecule has 7 nitrogen and oxygen atoms in total. The fraction of sp³-hybridized carbons (Fsp3) is 0.524. The van der Waals surface area contributed by atoms with E-state index in [1.165, 1.54) is 24.5 Å². The van der Waals surface area contributed by atoms with Gasteiger partial charge >= 0.3 is 0 Å². The van der Waals surface area contributed by atoms with Gasteiger partial charge in [0.15, 0.2) is 0 Å². The molecule has 0 bridgehead atoms. The van der Waals surface area contributed by atoms with Crippen molar-refractivity contribution in [1.29, 1.82) is 0 Å². The number of nitrogens with one attached hydrogen (secondary N) is 2. The largest absolute Gasteiger partial charge is 0.353 e. The summed E-state index contributed by atoms with van der Waals surface area (Å²) in [6.07, 6.45) is 5.47. The second-order valence-corrected chi connectivity index (χ2v) is 9.98. The molecule has 0 aromatic heterocycles. The predicted molar refractivity (Wildman–Crippen MR) is 110 cm³/mol. The first-order valence-electron chi connectivity index (χ1n) is 10.1. The fourth-order valence-corrected chi connectivity index (χ4v) is 5.45. The van der Waals surface area contributed by atoms with Gasteiger partial charge in [0.25, 0.3) is 10.0 Å². The molecule has 1 saturated carbocycles. The summed E-state index contributed by atoms with van der Waals surface area (Å²) in [5.74, 6) is 0.0486. The average Bonchev–Trinajstić information content (AvgIpc) is 2.67. The lowest BCUT2D eigenvalue weighted by atomic mass is 9.78. The number of carbonyl (C=O) groups is 2. The Morgan fingerprint density at radius 1 is 1.21 bits per heavy atom. The van der Waals surface area contributed by atoms with Crippen LogP contribution in [0.5, 0.6) is 0 Å². The van der Waals surface area contributed by atoms with Crippen LogP contribution in [0.2, 0.25) is 0 Å². The molecule has 8 heteroatoms. The van der Waals surface area contributed by atoms with Gasteiger partial charge in [0.05, 0.1) is 11.3 Å². The Morgan fingerprint density at radius 2 is 1.90 bits per heavy atom. The van der Waals surface area contributed by atoms with Crippen LogP contribution in [0.15, 0.2) is 41.6 Å². The standard InChI is InChI=1S/C21H29N3O4S/c1-14-7-9-17(10-8-14)29(27,28)24-12-11-22-21(26)19(24)13-20(25)23-18-6-4-5-15(2)16(18)3/h7-12,15-16,18-19H,4-6,13H2,1-3H3,(H,22,26)(H,23,25)/t15?,16?,18?,19-/m1/s1. The minimum atomic E-state index is -3.95. The predicted octanol–water partition coefficient (Wildman–Crippen LogP) is 2.29. The van der Waals surface area contributed by atoms with E-state index in [-0.39, 0.29) is 23.3 Å². The van der Waals surface area contributed by atoms with Gasteiger partial charge in [0.2, 0.25) is 11.8 Å². The molecular formula is C21H29N3O4S. The smallest absolute Gasteiger partial charge is 0.264 e. The topological polar surface area (TPSA) is 95.6 Å². The van der Waals surface area contributed by atoms with E-state index < -0.39 is 22.0 Å². The molecule has 158 valence electrons. The number of sulfonamides is 1. The van der Waals surface area contributed by atoms with Crippen LogP contribution < -0.4 is 10.6 Å². The van der Waals surface area contributed by atoms with Gasteiger partial charge in [-0.15, -0.1) is 0 Å². The van der Waals surface area contributed by atoms with E-state index >= 15 is 0 Å². The molecular weight excluding hydrogens is 390 g/mol. The molecule has 1 aliphatic carbocycles. The van der Waals surface area contributed by atoms with E-state index in [0.29, 0.717) is 11.8 Å². The molecule has 2 N–H and O–H groups in total. The van der Waals surface area contributed by atoms with Crippen molar-refractivity contribution in [3.8, 4) is 0 Å². The maximum atomic E-state index is 13.1. The summed E-state index contributed by atoms with van der Waals surface area (Å²) < 4.78 is 27.2. The third kappa shape index (κ3) is 4.63. The van der Waals surface area contributed by atoms with E-state index in [0.717, 1.165) is 29.1 Å². The van der Waals surface area contributed by atoms with E-state index in [9.17, 15) is 18.0 Å². The SMILES string of the molecule is Cc1ccc(S(=O)(=O)N2C=CNC(=O)[C@H]2CC(=O)NC2CCCC(C)C2C)cc1. The first kappa shape index (κ1) is 21.4. The molecule has 0 saturated heterocycles. The van der Waals surface area contributed by atoms with Crippen LogP contribution in [0.25, 0.3) is 0 Å². The number of benzene rings is 1. The average molecular weight is 420 g/mol. The lowest BCUT2D eigenvalue weighted by molar-refractivity contribution is -0.130. The Balaban J connectivity index is 1.77. The number of nitrogens with zero attached hydrogens (tertiary/aromatic N) is 1. The Bertz CT molecular complexity index is 895.